The number of halogens is 2. The number of likely N-dealkylation sites (N-methyl/N-ethyl adjacent to an activating group) is 1. The Hall–Kier alpha value is -3.27. The normalized spacial score (nSPS) is 11.9. The smallest absolute Gasteiger partial charge is 0.243 e. The molecule has 0 bridgehead atoms. The summed E-state index contributed by atoms with van der Waals surface area (Å²) in [6.07, 6.45) is 1.67. The lowest BCUT2D eigenvalue weighted by Crippen LogP contribution is -2.50. The summed E-state index contributed by atoms with van der Waals surface area (Å²) in [7, 11) is -3.62. The van der Waals surface area contributed by atoms with Crippen molar-refractivity contribution in [2.24, 2.45) is 0 Å². The van der Waals surface area contributed by atoms with E-state index in [-0.39, 0.29) is 37.7 Å². The molecule has 0 radical (unpaired) electrons. The molecule has 0 unspecified atom stereocenters. The van der Waals surface area contributed by atoms with Gasteiger partial charge in [-0.05, 0) is 67.8 Å². The third-order valence-electron chi connectivity index (χ3n) is 6.57. The maximum Gasteiger partial charge on any atom is 0.243 e. The molecule has 0 aliphatic rings. The zero-order chi connectivity index (χ0) is 30.7. The Morgan fingerprint density at radius 3 is 2.26 bits per heavy atom. The highest BCUT2D eigenvalue weighted by Crippen LogP contribution is 2.26. The summed E-state index contributed by atoms with van der Waals surface area (Å²) in [4.78, 5) is 28.7. The number of hydrogen-bond acceptors (Lipinski definition) is 5. The molecule has 0 spiro atoms. The molecule has 226 valence electrons. The summed E-state index contributed by atoms with van der Waals surface area (Å²) in [6, 6.07) is 20.4. The van der Waals surface area contributed by atoms with Crippen LogP contribution in [-0.2, 0) is 32.6 Å². The molecule has 0 saturated heterocycles. The maximum absolute atomic E-state index is 13.8. The van der Waals surface area contributed by atoms with E-state index < -0.39 is 16.1 Å². The van der Waals surface area contributed by atoms with E-state index in [4.69, 9.17) is 27.9 Å². The molecule has 0 aliphatic carbocycles. The van der Waals surface area contributed by atoms with Crippen LogP contribution in [0.2, 0.25) is 10.0 Å². The van der Waals surface area contributed by atoms with E-state index >= 15 is 0 Å². The van der Waals surface area contributed by atoms with E-state index in [1.165, 1.54) is 9.21 Å². The lowest BCUT2D eigenvalue weighted by Gasteiger charge is -2.32. The van der Waals surface area contributed by atoms with Crippen LogP contribution < -0.4 is 14.4 Å². The minimum absolute atomic E-state index is 0.0129. The van der Waals surface area contributed by atoms with Crippen LogP contribution in [0.4, 0.5) is 5.69 Å². The van der Waals surface area contributed by atoms with Crippen molar-refractivity contribution in [1.29, 1.82) is 0 Å². The molecule has 3 aromatic rings. The first kappa shape index (κ1) is 33.2. The van der Waals surface area contributed by atoms with E-state index in [0.29, 0.717) is 46.6 Å². The molecule has 0 fully saturated rings. The predicted octanol–water partition coefficient (Wildman–Crippen LogP) is 5.71. The second kappa shape index (κ2) is 15.8. The van der Waals surface area contributed by atoms with Gasteiger partial charge in [-0.15, -0.1) is 0 Å². The number of rotatable bonds is 15. The highest BCUT2D eigenvalue weighted by molar-refractivity contribution is 7.92. The van der Waals surface area contributed by atoms with Crippen molar-refractivity contribution in [3.05, 3.63) is 94.0 Å². The number of benzene rings is 3. The molecule has 0 aromatic heterocycles. The molecule has 42 heavy (non-hydrogen) atoms. The van der Waals surface area contributed by atoms with Gasteiger partial charge in [-0.1, -0.05) is 59.6 Å². The Morgan fingerprint density at radius 1 is 0.976 bits per heavy atom. The number of carbonyl (C=O) groups is 2. The summed E-state index contributed by atoms with van der Waals surface area (Å²) in [5, 5.41) is 3.70. The molecule has 0 saturated carbocycles. The van der Waals surface area contributed by atoms with E-state index in [9.17, 15) is 18.0 Å². The number of ether oxygens (including phenoxy) is 1. The van der Waals surface area contributed by atoms with Crippen LogP contribution in [0.5, 0.6) is 5.75 Å². The van der Waals surface area contributed by atoms with Crippen molar-refractivity contribution in [3.8, 4) is 5.75 Å². The van der Waals surface area contributed by atoms with Gasteiger partial charge in [-0.25, -0.2) is 8.42 Å². The number of amides is 2. The number of nitrogens with one attached hydrogen (secondary N) is 1. The number of anilines is 1. The van der Waals surface area contributed by atoms with Gasteiger partial charge in [0.05, 0.1) is 18.6 Å². The zero-order valence-corrected chi connectivity index (χ0v) is 26.4. The summed E-state index contributed by atoms with van der Waals surface area (Å²) >= 11 is 12.6. The van der Waals surface area contributed by atoms with Crippen molar-refractivity contribution in [2.45, 2.75) is 45.7 Å². The van der Waals surface area contributed by atoms with Crippen LogP contribution in [-0.4, -0.2) is 57.1 Å². The SMILES string of the molecule is CCNC(=O)[C@@H](Cc1ccccc1)N(Cc1ccc(Cl)cc1Cl)C(=O)CCCN(c1ccc(OCC)cc1)S(C)(=O)=O. The highest BCUT2D eigenvalue weighted by Gasteiger charge is 2.30. The Kier molecular flexibility index (Phi) is 12.5. The summed E-state index contributed by atoms with van der Waals surface area (Å²) in [5.74, 6) is 0.0523. The molecule has 3 rings (SSSR count). The van der Waals surface area contributed by atoms with Gasteiger partial charge in [-0.2, -0.15) is 0 Å². The van der Waals surface area contributed by atoms with E-state index in [2.05, 4.69) is 5.32 Å². The van der Waals surface area contributed by atoms with Gasteiger partial charge in [-0.3, -0.25) is 13.9 Å². The van der Waals surface area contributed by atoms with Crippen molar-refractivity contribution in [3.63, 3.8) is 0 Å². The Labute approximate surface area is 258 Å². The van der Waals surface area contributed by atoms with E-state index in [0.717, 1.165) is 11.8 Å². The quantitative estimate of drug-likeness (QED) is 0.231. The first-order valence-corrected chi connectivity index (χ1v) is 16.4. The zero-order valence-electron chi connectivity index (χ0n) is 24.1. The van der Waals surface area contributed by atoms with Gasteiger partial charge in [0.2, 0.25) is 21.8 Å². The van der Waals surface area contributed by atoms with E-state index in [1.54, 1.807) is 42.5 Å². The van der Waals surface area contributed by atoms with Gasteiger partial charge in [0.25, 0.3) is 0 Å². The fourth-order valence-corrected chi connectivity index (χ4v) is 5.99. The van der Waals surface area contributed by atoms with Crippen molar-refractivity contribution >= 4 is 50.7 Å². The van der Waals surface area contributed by atoms with Crippen LogP contribution in [0.1, 0.15) is 37.8 Å². The van der Waals surface area contributed by atoms with Crippen LogP contribution in [0, 0.1) is 0 Å². The van der Waals surface area contributed by atoms with Gasteiger partial charge in [0.15, 0.2) is 0 Å². The van der Waals surface area contributed by atoms with Crippen molar-refractivity contribution in [2.75, 3.05) is 30.3 Å². The molecular formula is C31H37Cl2N3O5S. The highest BCUT2D eigenvalue weighted by atomic mass is 35.5. The van der Waals surface area contributed by atoms with Crippen molar-refractivity contribution < 1.29 is 22.7 Å². The number of carbonyl (C=O) groups excluding carboxylic acids is 2. The lowest BCUT2D eigenvalue weighted by molar-refractivity contribution is -0.141. The largest absolute Gasteiger partial charge is 0.494 e. The standard InChI is InChI=1S/C31H37Cl2N3O5S/c1-4-34-31(38)29(20-23-10-7-6-8-11-23)35(22-24-13-14-25(32)21-28(24)33)30(37)12-9-19-36(42(3,39)40)26-15-17-27(18-16-26)41-5-2/h6-8,10-11,13-18,21,29H,4-5,9,12,19-20,22H2,1-3H3,(H,34,38)/t29-/m1/s1. The molecule has 8 nitrogen and oxygen atoms in total. The molecule has 11 heteroatoms. The molecule has 1 atom stereocenters. The molecule has 1 N–H and O–H groups in total. The first-order valence-electron chi connectivity index (χ1n) is 13.8. The van der Waals surface area contributed by atoms with Crippen molar-refractivity contribution in [1.82, 2.24) is 10.2 Å². The molecule has 0 heterocycles. The Balaban J connectivity index is 1.87. The van der Waals surface area contributed by atoms with Crippen LogP contribution in [0.25, 0.3) is 0 Å². The molecule has 3 aromatic carbocycles. The second-order valence-electron chi connectivity index (χ2n) is 9.72. The third-order valence-corrected chi connectivity index (χ3v) is 8.35. The monoisotopic (exact) mass is 633 g/mol. The molecule has 2 amide bonds. The molecular weight excluding hydrogens is 597 g/mol. The van der Waals surface area contributed by atoms with Crippen LogP contribution >= 0.6 is 23.2 Å². The van der Waals surface area contributed by atoms with E-state index in [1.807, 2.05) is 44.2 Å². The number of hydrogen-bond donors (Lipinski definition) is 1. The summed E-state index contributed by atoms with van der Waals surface area (Å²) < 4.78 is 32.0. The lowest BCUT2D eigenvalue weighted by atomic mass is 10.0. The number of nitrogens with zero attached hydrogens (tertiary/aromatic N) is 2. The second-order valence-corrected chi connectivity index (χ2v) is 12.5. The Bertz CT molecular complexity index is 1440. The summed E-state index contributed by atoms with van der Waals surface area (Å²) in [6.45, 7) is 4.75. The topological polar surface area (TPSA) is 96.0 Å². The average Bonchev–Trinajstić information content (AvgIpc) is 2.94. The number of sulfonamides is 1. The minimum Gasteiger partial charge on any atom is -0.494 e. The van der Waals surface area contributed by atoms with Crippen LogP contribution in [0.15, 0.2) is 72.8 Å². The average molecular weight is 635 g/mol. The van der Waals surface area contributed by atoms with Gasteiger partial charge >= 0.3 is 0 Å². The third kappa shape index (κ3) is 9.64. The predicted molar refractivity (Wildman–Crippen MR) is 169 cm³/mol. The van der Waals surface area contributed by atoms with Gasteiger partial charge in [0.1, 0.15) is 11.8 Å². The fraction of sp³-hybridized carbons (Fsp3) is 0.355. The Morgan fingerprint density at radius 2 is 1.67 bits per heavy atom. The summed E-state index contributed by atoms with van der Waals surface area (Å²) in [5.41, 5.74) is 2.01. The fourth-order valence-electron chi connectivity index (χ4n) is 4.56. The maximum atomic E-state index is 13.8. The molecule has 0 aliphatic heterocycles. The van der Waals surface area contributed by atoms with Crippen LogP contribution in [0.3, 0.4) is 0 Å². The first-order chi connectivity index (χ1) is 20.0. The minimum atomic E-state index is -3.62. The van der Waals surface area contributed by atoms with Gasteiger partial charge in [0, 0.05) is 42.5 Å². The van der Waals surface area contributed by atoms with Gasteiger partial charge < -0.3 is 15.0 Å².